The predicted octanol–water partition coefficient (Wildman–Crippen LogP) is 2.73. The fraction of sp³-hybridized carbons (Fsp3) is 0.615. The summed E-state index contributed by atoms with van der Waals surface area (Å²) in [6.07, 6.45) is 0. The van der Waals surface area contributed by atoms with E-state index in [2.05, 4.69) is 9.97 Å². The lowest BCUT2D eigenvalue weighted by Crippen LogP contribution is -2.21. The van der Waals surface area contributed by atoms with Gasteiger partial charge in [0.1, 0.15) is 11.7 Å². The van der Waals surface area contributed by atoms with Gasteiger partial charge in [0.2, 0.25) is 0 Å². The van der Waals surface area contributed by atoms with Crippen molar-refractivity contribution in [1.82, 2.24) is 9.97 Å². The topological polar surface area (TPSA) is 63.1 Å². The summed E-state index contributed by atoms with van der Waals surface area (Å²) in [5.41, 5.74) is 1.73. The van der Waals surface area contributed by atoms with E-state index in [-0.39, 0.29) is 11.8 Å². The number of rotatable bonds is 4. The van der Waals surface area contributed by atoms with E-state index in [9.17, 15) is 9.90 Å². The minimum Gasteiger partial charge on any atom is -0.481 e. The Balaban J connectivity index is 3.24. The molecule has 4 nitrogen and oxygen atoms in total. The number of aromatic nitrogens is 2. The van der Waals surface area contributed by atoms with Crippen molar-refractivity contribution in [1.29, 1.82) is 0 Å². The molecule has 1 aromatic heterocycles. The molecule has 0 aliphatic heterocycles. The largest absolute Gasteiger partial charge is 0.481 e. The Hall–Kier alpha value is -1.45. The van der Waals surface area contributed by atoms with Gasteiger partial charge in [0, 0.05) is 11.4 Å². The van der Waals surface area contributed by atoms with E-state index in [0.29, 0.717) is 5.82 Å². The number of nitrogens with zero attached hydrogens (tertiary/aromatic N) is 2. The van der Waals surface area contributed by atoms with E-state index >= 15 is 0 Å². The van der Waals surface area contributed by atoms with Crippen LogP contribution >= 0.6 is 0 Å². The molecule has 0 spiro atoms. The lowest BCUT2D eigenvalue weighted by atomic mass is 9.94. The van der Waals surface area contributed by atoms with E-state index in [0.717, 1.165) is 11.4 Å². The summed E-state index contributed by atoms with van der Waals surface area (Å²) in [5, 5.41) is 9.24. The average molecular weight is 236 g/mol. The second kappa shape index (κ2) is 5.25. The van der Waals surface area contributed by atoms with E-state index < -0.39 is 11.9 Å². The molecule has 1 atom stereocenters. The van der Waals surface area contributed by atoms with Crippen LogP contribution in [0.15, 0.2) is 6.07 Å². The van der Waals surface area contributed by atoms with E-state index in [1.54, 1.807) is 0 Å². The standard InChI is InChI=1S/C13H20N2O2/c1-7(2)10-6-9(5)14-12(15-10)11(8(3)4)13(16)17/h6-8,11H,1-5H3,(H,16,17). The summed E-state index contributed by atoms with van der Waals surface area (Å²) < 4.78 is 0. The summed E-state index contributed by atoms with van der Waals surface area (Å²) in [4.78, 5) is 19.9. The fourth-order valence-corrected chi connectivity index (χ4v) is 1.75. The number of carbonyl (C=O) groups is 1. The van der Waals surface area contributed by atoms with Crippen LogP contribution in [0.4, 0.5) is 0 Å². The maximum atomic E-state index is 11.3. The van der Waals surface area contributed by atoms with Gasteiger partial charge in [0.25, 0.3) is 0 Å². The van der Waals surface area contributed by atoms with Crippen LogP contribution < -0.4 is 0 Å². The van der Waals surface area contributed by atoms with Crippen LogP contribution in [-0.2, 0) is 4.79 Å². The van der Waals surface area contributed by atoms with Gasteiger partial charge in [-0.05, 0) is 24.8 Å². The van der Waals surface area contributed by atoms with Crippen molar-refractivity contribution in [2.75, 3.05) is 0 Å². The first-order valence-electron chi connectivity index (χ1n) is 5.91. The normalized spacial score (nSPS) is 13.1. The predicted molar refractivity (Wildman–Crippen MR) is 66.1 cm³/mol. The smallest absolute Gasteiger partial charge is 0.314 e. The number of carboxylic acid groups (broad SMARTS) is 1. The molecule has 1 unspecified atom stereocenters. The molecule has 1 N–H and O–H groups in total. The second-order valence-electron chi connectivity index (χ2n) is 5.01. The Morgan fingerprint density at radius 3 is 2.24 bits per heavy atom. The lowest BCUT2D eigenvalue weighted by Gasteiger charge is -2.17. The highest BCUT2D eigenvalue weighted by Crippen LogP contribution is 2.23. The van der Waals surface area contributed by atoms with Crippen LogP contribution in [0, 0.1) is 12.8 Å². The third-order valence-corrected chi connectivity index (χ3v) is 2.69. The van der Waals surface area contributed by atoms with Crippen molar-refractivity contribution < 1.29 is 9.90 Å². The first-order valence-corrected chi connectivity index (χ1v) is 5.91. The third-order valence-electron chi connectivity index (χ3n) is 2.69. The monoisotopic (exact) mass is 236 g/mol. The molecule has 0 aliphatic carbocycles. The minimum atomic E-state index is -0.861. The van der Waals surface area contributed by atoms with Crippen molar-refractivity contribution in [3.63, 3.8) is 0 Å². The zero-order chi connectivity index (χ0) is 13.2. The SMILES string of the molecule is Cc1cc(C(C)C)nc(C(C(=O)O)C(C)C)n1. The van der Waals surface area contributed by atoms with Gasteiger partial charge in [-0.15, -0.1) is 0 Å². The van der Waals surface area contributed by atoms with Gasteiger partial charge in [0.15, 0.2) is 0 Å². The van der Waals surface area contributed by atoms with Crippen molar-refractivity contribution in [2.24, 2.45) is 5.92 Å². The van der Waals surface area contributed by atoms with Crippen molar-refractivity contribution in [2.45, 2.75) is 46.5 Å². The molecule has 0 aliphatic rings. The molecule has 0 saturated carbocycles. The zero-order valence-electron chi connectivity index (χ0n) is 11.1. The molecule has 0 fully saturated rings. The molecule has 4 heteroatoms. The lowest BCUT2D eigenvalue weighted by molar-refractivity contribution is -0.140. The number of hydrogen-bond donors (Lipinski definition) is 1. The van der Waals surface area contributed by atoms with Gasteiger partial charge >= 0.3 is 5.97 Å². The van der Waals surface area contributed by atoms with Gasteiger partial charge in [-0.25, -0.2) is 9.97 Å². The molecular formula is C13H20N2O2. The molecule has 0 amide bonds. The Kier molecular flexibility index (Phi) is 4.21. The maximum Gasteiger partial charge on any atom is 0.314 e. The highest BCUT2D eigenvalue weighted by Gasteiger charge is 2.27. The Bertz CT molecular complexity index is 414. The average Bonchev–Trinajstić information content (AvgIpc) is 2.15. The van der Waals surface area contributed by atoms with Gasteiger partial charge in [-0.3, -0.25) is 4.79 Å². The van der Waals surface area contributed by atoms with E-state index in [1.165, 1.54) is 0 Å². The summed E-state index contributed by atoms with van der Waals surface area (Å²) in [5.74, 6) is -0.810. The molecule has 0 radical (unpaired) electrons. The van der Waals surface area contributed by atoms with Crippen LogP contribution in [-0.4, -0.2) is 21.0 Å². The molecule has 94 valence electrons. The van der Waals surface area contributed by atoms with Crippen LogP contribution in [0.25, 0.3) is 0 Å². The molecule has 17 heavy (non-hydrogen) atoms. The first kappa shape index (κ1) is 13.6. The van der Waals surface area contributed by atoms with Crippen molar-refractivity contribution in [3.8, 4) is 0 Å². The van der Waals surface area contributed by atoms with Crippen molar-refractivity contribution >= 4 is 5.97 Å². The maximum absolute atomic E-state index is 11.3. The molecule has 0 saturated heterocycles. The summed E-state index contributed by atoms with van der Waals surface area (Å²) in [6, 6.07) is 1.91. The number of carboxylic acids is 1. The summed E-state index contributed by atoms with van der Waals surface area (Å²) >= 11 is 0. The molecule has 1 aromatic rings. The number of aryl methyl sites for hydroxylation is 1. The van der Waals surface area contributed by atoms with Gasteiger partial charge in [-0.1, -0.05) is 27.7 Å². The molecule has 0 aromatic carbocycles. The van der Waals surface area contributed by atoms with E-state index in [1.807, 2.05) is 40.7 Å². The van der Waals surface area contributed by atoms with E-state index in [4.69, 9.17) is 0 Å². The zero-order valence-corrected chi connectivity index (χ0v) is 11.1. The Morgan fingerprint density at radius 1 is 1.24 bits per heavy atom. The Labute approximate surface area is 102 Å². The summed E-state index contributed by atoms with van der Waals surface area (Å²) in [6.45, 7) is 9.70. The van der Waals surface area contributed by atoms with Gasteiger partial charge in [-0.2, -0.15) is 0 Å². The number of hydrogen-bond acceptors (Lipinski definition) is 3. The van der Waals surface area contributed by atoms with Crippen LogP contribution in [0.1, 0.15) is 56.7 Å². The first-order chi connectivity index (χ1) is 7.82. The Morgan fingerprint density at radius 2 is 1.82 bits per heavy atom. The third kappa shape index (κ3) is 3.25. The highest BCUT2D eigenvalue weighted by molar-refractivity contribution is 5.75. The second-order valence-corrected chi connectivity index (χ2v) is 5.01. The fourth-order valence-electron chi connectivity index (χ4n) is 1.75. The quantitative estimate of drug-likeness (QED) is 0.873. The van der Waals surface area contributed by atoms with Crippen molar-refractivity contribution in [3.05, 3.63) is 23.3 Å². The molecule has 1 heterocycles. The minimum absolute atomic E-state index is 0.0192. The summed E-state index contributed by atoms with van der Waals surface area (Å²) in [7, 11) is 0. The highest BCUT2D eigenvalue weighted by atomic mass is 16.4. The van der Waals surface area contributed by atoms with Gasteiger partial charge < -0.3 is 5.11 Å². The van der Waals surface area contributed by atoms with Gasteiger partial charge in [0.05, 0.1) is 0 Å². The van der Waals surface area contributed by atoms with Crippen LogP contribution in [0.5, 0.6) is 0 Å². The molecular weight excluding hydrogens is 216 g/mol. The molecule has 1 rings (SSSR count). The molecule has 0 bridgehead atoms. The number of aliphatic carboxylic acids is 1. The van der Waals surface area contributed by atoms with Crippen LogP contribution in [0.3, 0.4) is 0 Å². The van der Waals surface area contributed by atoms with Crippen LogP contribution in [0.2, 0.25) is 0 Å².